The van der Waals surface area contributed by atoms with Gasteiger partial charge >= 0.3 is 11.6 Å². The van der Waals surface area contributed by atoms with Gasteiger partial charge in [0.1, 0.15) is 22.6 Å². The van der Waals surface area contributed by atoms with Crippen molar-refractivity contribution in [1.29, 1.82) is 0 Å². The average molecular weight is 493 g/mol. The Morgan fingerprint density at radius 3 is 2.47 bits per heavy atom. The standard InChI is InChI=1S/C29H32O7/c1-4-5-6-7-8-9-14-34-20-12-10-19(11-13-20)21-16-23(32)36-29-25(18(3)30)27(33)24-17(2)15-22(31)35-28(24)26(21)29/h10-13,15,21,33H,4-9,14,16H2,1-3H3. The van der Waals surface area contributed by atoms with Gasteiger partial charge in [0.05, 0.1) is 18.4 Å². The van der Waals surface area contributed by atoms with Gasteiger partial charge in [-0.25, -0.2) is 4.79 Å². The van der Waals surface area contributed by atoms with E-state index in [0.29, 0.717) is 17.7 Å². The quantitative estimate of drug-likeness (QED) is 0.118. The highest BCUT2D eigenvalue weighted by Crippen LogP contribution is 2.49. The fourth-order valence-corrected chi connectivity index (χ4v) is 4.89. The molecule has 0 saturated heterocycles. The van der Waals surface area contributed by atoms with Crippen molar-refractivity contribution in [3.05, 3.63) is 63.0 Å². The Kier molecular flexibility index (Phi) is 7.77. The second-order valence-corrected chi connectivity index (χ2v) is 9.39. The molecule has 36 heavy (non-hydrogen) atoms. The lowest BCUT2D eigenvalue weighted by atomic mass is 9.83. The van der Waals surface area contributed by atoms with E-state index in [9.17, 15) is 19.5 Å². The van der Waals surface area contributed by atoms with Crippen molar-refractivity contribution in [2.75, 3.05) is 6.61 Å². The van der Waals surface area contributed by atoms with Crippen LogP contribution in [0.25, 0.3) is 11.0 Å². The molecule has 1 aliphatic heterocycles. The van der Waals surface area contributed by atoms with Crippen molar-refractivity contribution >= 4 is 22.7 Å². The summed E-state index contributed by atoms with van der Waals surface area (Å²) in [5, 5.41) is 11.2. The minimum absolute atomic E-state index is 0.000163. The number of ether oxygens (including phenoxy) is 2. The van der Waals surface area contributed by atoms with Crippen LogP contribution in [0.2, 0.25) is 0 Å². The summed E-state index contributed by atoms with van der Waals surface area (Å²) in [6.07, 6.45) is 7.11. The van der Waals surface area contributed by atoms with Gasteiger partial charge in [0.15, 0.2) is 11.5 Å². The van der Waals surface area contributed by atoms with Crippen LogP contribution < -0.4 is 15.1 Å². The minimum atomic E-state index is -0.591. The first-order valence-corrected chi connectivity index (χ1v) is 12.6. The maximum Gasteiger partial charge on any atom is 0.336 e. The summed E-state index contributed by atoms with van der Waals surface area (Å²) in [6, 6.07) is 8.69. The van der Waals surface area contributed by atoms with E-state index >= 15 is 0 Å². The maximum absolute atomic E-state index is 12.6. The third-order valence-corrected chi connectivity index (χ3v) is 6.68. The van der Waals surface area contributed by atoms with Crippen molar-refractivity contribution < 1.29 is 28.6 Å². The van der Waals surface area contributed by atoms with Gasteiger partial charge in [-0.3, -0.25) is 9.59 Å². The van der Waals surface area contributed by atoms with Crippen molar-refractivity contribution in [1.82, 2.24) is 0 Å². The molecule has 2 heterocycles. The minimum Gasteiger partial charge on any atom is -0.506 e. The van der Waals surface area contributed by atoms with Crippen molar-refractivity contribution in [3.8, 4) is 17.2 Å². The summed E-state index contributed by atoms with van der Waals surface area (Å²) >= 11 is 0. The largest absolute Gasteiger partial charge is 0.506 e. The van der Waals surface area contributed by atoms with Crippen molar-refractivity contribution in [2.45, 2.75) is 71.6 Å². The van der Waals surface area contributed by atoms with E-state index in [4.69, 9.17) is 13.9 Å². The Hall–Kier alpha value is -3.61. The summed E-state index contributed by atoms with van der Waals surface area (Å²) in [4.78, 5) is 37.3. The third-order valence-electron chi connectivity index (χ3n) is 6.68. The lowest BCUT2D eigenvalue weighted by Gasteiger charge is -2.28. The highest BCUT2D eigenvalue weighted by Gasteiger charge is 2.37. The first-order valence-electron chi connectivity index (χ1n) is 12.6. The van der Waals surface area contributed by atoms with Gasteiger partial charge in [-0.1, -0.05) is 51.2 Å². The Morgan fingerprint density at radius 2 is 1.78 bits per heavy atom. The second-order valence-electron chi connectivity index (χ2n) is 9.39. The topological polar surface area (TPSA) is 103 Å². The van der Waals surface area contributed by atoms with E-state index in [2.05, 4.69) is 6.92 Å². The van der Waals surface area contributed by atoms with Gasteiger partial charge in [-0.15, -0.1) is 0 Å². The molecule has 1 aromatic heterocycles. The van der Waals surface area contributed by atoms with Crippen LogP contribution in [0, 0.1) is 6.92 Å². The molecule has 0 saturated carbocycles. The molecule has 2 aromatic carbocycles. The number of hydrogen-bond acceptors (Lipinski definition) is 7. The van der Waals surface area contributed by atoms with E-state index in [0.717, 1.165) is 24.2 Å². The molecule has 1 aliphatic rings. The molecular formula is C29H32O7. The zero-order valence-corrected chi connectivity index (χ0v) is 21.0. The van der Waals surface area contributed by atoms with E-state index in [-0.39, 0.29) is 34.5 Å². The molecule has 4 rings (SSSR count). The van der Waals surface area contributed by atoms with Gasteiger partial charge < -0.3 is 19.0 Å². The fraction of sp³-hybridized carbons (Fsp3) is 0.414. The predicted octanol–water partition coefficient (Wildman–Crippen LogP) is 6.19. The number of hydrogen-bond donors (Lipinski definition) is 1. The number of aryl methyl sites for hydroxylation is 1. The molecule has 0 radical (unpaired) electrons. The number of aromatic hydroxyl groups is 1. The lowest BCUT2D eigenvalue weighted by Crippen LogP contribution is -2.23. The molecule has 0 bridgehead atoms. The van der Waals surface area contributed by atoms with Gasteiger partial charge in [0, 0.05) is 17.5 Å². The second kappa shape index (κ2) is 11.0. The van der Waals surface area contributed by atoms with E-state index < -0.39 is 23.3 Å². The molecule has 0 aliphatic carbocycles. The lowest BCUT2D eigenvalue weighted by molar-refractivity contribution is -0.135. The average Bonchev–Trinajstić information content (AvgIpc) is 2.82. The Bertz CT molecular complexity index is 1330. The normalized spacial score (nSPS) is 15.0. The fourth-order valence-electron chi connectivity index (χ4n) is 4.89. The molecule has 0 amide bonds. The number of carbonyl (C=O) groups excluding carboxylic acids is 2. The number of phenols is 1. The first-order chi connectivity index (χ1) is 17.3. The monoisotopic (exact) mass is 492 g/mol. The molecule has 1 atom stereocenters. The summed E-state index contributed by atoms with van der Waals surface area (Å²) in [5.41, 5.74) is 1.11. The smallest absolute Gasteiger partial charge is 0.336 e. The van der Waals surface area contributed by atoms with Gasteiger partial charge in [0.2, 0.25) is 0 Å². The molecule has 0 fully saturated rings. The molecule has 3 aromatic rings. The first kappa shape index (κ1) is 25.5. The van der Waals surface area contributed by atoms with Crippen LogP contribution in [0.15, 0.2) is 39.5 Å². The summed E-state index contributed by atoms with van der Waals surface area (Å²) in [6.45, 7) is 5.80. The summed E-state index contributed by atoms with van der Waals surface area (Å²) in [5.74, 6) is -1.20. The van der Waals surface area contributed by atoms with E-state index in [1.54, 1.807) is 6.92 Å². The van der Waals surface area contributed by atoms with Crippen LogP contribution in [0.4, 0.5) is 0 Å². The molecular weight excluding hydrogens is 460 g/mol. The Labute approximate surface area is 210 Å². The van der Waals surface area contributed by atoms with Crippen LogP contribution in [0.3, 0.4) is 0 Å². The Balaban J connectivity index is 1.67. The maximum atomic E-state index is 12.6. The Morgan fingerprint density at radius 1 is 1.08 bits per heavy atom. The number of carbonyl (C=O) groups is 2. The van der Waals surface area contributed by atoms with Gasteiger partial charge in [-0.05, 0) is 43.5 Å². The van der Waals surface area contributed by atoms with E-state index in [1.165, 1.54) is 38.7 Å². The number of rotatable bonds is 10. The van der Waals surface area contributed by atoms with Crippen LogP contribution >= 0.6 is 0 Å². The molecule has 0 spiro atoms. The molecule has 1 unspecified atom stereocenters. The molecule has 190 valence electrons. The molecule has 1 N–H and O–H groups in total. The zero-order chi connectivity index (χ0) is 25.8. The predicted molar refractivity (Wildman–Crippen MR) is 136 cm³/mol. The molecule has 7 nitrogen and oxygen atoms in total. The van der Waals surface area contributed by atoms with Crippen LogP contribution in [-0.2, 0) is 4.79 Å². The van der Waals surface area contributed by atoms with Gasteiger partial charge in [0.25, 0.3) is 0 Å². The van der Waals surface area contributed by atoms with Gasteiger partial charge in [-0.2, -0.15) is 0 Å². The summed E-state index contributed by atoms with van der Waals surface area (Å²) < 4.78 is 16.9. The van der Waals surface area contributed by atoms with Crippen molar-refractivity contribution in [2.24, 2.45) is 0 Å². The van der Waals surface area contributed by atoms with Crippen LogP contribution in [0.1, 0.15) is 91.8 Å². The van der Waals surface area contributed by atoms with Crippen LogP contribution in [0.5, 0.6) is 17.2 Å². The van der Waals surface area contributed by atoms with Crippen LogP contribution in [-0.4, -0.2) is 23.5 Å². The number of Topliss-reactive ketones (excluding diaryl/α,β-unsaturated/α-hetero) is 1. The third kappa shape index (κ3) is 5.15. The zero-order valence-electron chi connectivity index (χ0n) is 21.0. The van der Waals surface area contributed by atoms with Crippen molar-refractivity contribution in [3.63, 3.8) is 0 Å². The highest BCUT2D eigenvalue weighted by molar-refractivity contribution is 6.09. The number of unbranched alkanes of at least 4 members (excludes halogenated alkanes) is 5. The number of benzene rings is 2. The number of phenolic OH excluding ortho intramolecular Hbond substituents is 1. The summed E-state index contributed by atoms with van der Waals surface area (Å²) in [7, 11) is 0. The highest BCUT2D eigenvalue weighted by atomic mass is 16.5. The SMILES string of the molecule is CCCCCCCCOc1ccc(C2CC(=O)Oc3c(C(C)=O)c(O)c4c(C)cc(=O)oc4c32)cc1. The number of ketones is 1. The number of esters is 1. The number of fused-ring (bicyclic) bond motifs is 3. The molecule has 7 heteroatoms. The van der Waals surface area contributed by atoms with E-state index in [1.807, 2.05) is 24.3 Å².